The first-order valence-electron chi connectivity index (χ1n) is 11.6. The summed E-state index contributed by atoms with van der Waals surface area (Å²) in [6.45, 7) is 1.87. The largest absolute Gasteiger partial charge is 0.362 e. The first kappa shape index (κ1) is 22.7. The van der Waals surface area contributed by atoms with Crippen molar-refractivity contribution in [1.29, 1.82) is 0 Å². The smallest absolute Gasteiger partial charge is 0.225 e. The zero-order valence-corrected chi connectivity index (χ0v) is 20.0. The van der Waals surface area contributed by atoms with Gasteiger partial charge in [0, 0.05) is 37.4 Å². The van der Waals surface area contributed by atoms with E-state index in [1.54, 1.807) is 6.07 Å². The minimum atomic E-state index is -0.238. The van der Waals surface area contributed by atoms with Crippen molar-refractivity contribution < 1.29 is 4.39 Å². The fraction of sp³-hybridized carbons (Fsp3) is 0.542. The summed E-state index contributed by atoms with van der Waals surface area (Å²) in [5, 5.41) is 10.8. The second-order valence-electron chi connectivity index (χ2n) is 9.15. The van der Waals surface area contributed by atoms with E-state index in [4.69, 9.17) is 22.2 Å². The molecular weight excluding hydrogens is 423 g/mol. The standard InChI is InChI=1S/C24H33FN6S/c1-15-14-16(25)8-13-20(15)29-24(32)27-18-11-9-17(10-12-18)26-23-28-21-7-5-4-6-19(21)22(30-23)31(2)3/h8,13-14,17-18H,4-7,9-12H2,1-3H3,(H,26,28,30)(H2,27,29,32)/t17-,18+. The SMILES string of the molecule is Cc1cc(F)ccc1NC(=S)N[C@H]1CC[C@@H](Nc2nc3c(c(N(C)C)n2)CCCC3)CC1. The van der Waals surface area contributed by atoms with E-state index in [1.165, 1.54) is 36.2 Å². The number of hydrogen-bond acceptors (Lipinski definition) is 5. The van der Waals surface area contributed by atoms with Crippen molar-refractivity contribution in [2.75, 3.05) is 29.6 Å². The molecule has 0 atom stereocenters. The van der Waals surface area contributed by atoms with Gasteiger partial charge >= 0.3 is 0 Å². The number of halogens is 1. The lowest BCUT2D eigenvalue weighted by molar-refractivity contribution is 0.387. The number of nitrogens with one attached hydrogen (secondary N) is 3. The lowest BCUT2D eigenvalue weighted by Crippen LogP contribution is -2.42. The van der Waals surface area contributed by atoms with Crippen molar-refractivity contribution in [3.8, 4) is 0 Å². The molecule has 1 saturated carbocycles. The van der Waals surface area contributed by atoms with Gasteiger partial charge in [0.15, 0.2) is 5.11 Å². The highest BCUT2D eigenvalue weighted by molar-refractivity contribution is 7.80. The Bertz CT molecular complexity index is 971. The molecule has 4 rings (SSSR count). The maximum Gasteiger partial charge on any atom is 0.225 e. The molecule has 0 amide bonds. The summed E-state index contributed by atoms with van der Waals surface area (Å²) in [6.07, 6.45) is 8.66. The fourth-order valence-corrected chi connectivity index (χ4v) is 4.96. The number of benzene rings is 1. The Morgan fingerprint density at radius 2 is 1.78 bits per heavy atom. The Morgan fingerprint density at radius 1 is 1.06 bits per heavy atom. The van der Waals surface area contributed by atoms with Crippen molar-refractivity contribution in [3.63, 3.8) is 0 Å². The van der Waals surface area contributed by atoms with E-state index in [0.29, 0.717) is 17.2 Å². The molecule has 1 aromatic carbocycles. The molecule has 0 saturated heterocycles. The summed E-state index contributed by atoms with van der Waals surface area (Å²) in [5.74, 6) is 1.58. The maximum absolute atomic E-state index is 13.3. The molecule has 0 aliphatic heterocycles. The Hall–Kier alpha value is -2.48. The molecule has 2 aromatic rings. The van der Waals surface area contributed by atoms with Crippen LogP contribution < -0.4 is 20.9 Å². The van der Waals surface area contributed by atoms with E-state index in [0.717, 1.165) is 61.5 Å². The average molecular weight is 457 g/mol. The second kappa shape index (κ2) is 9.98. The Balaban J connectivity index is 1.30. The van der Waals surface area contributed by atoms with Crippen LogP contribution >= 0.6 is 12.2 Å². The van der Waals surface area contributed by atoms with E-state index in [1.807, 2.05) is 6.92 Å². The quantitative estimate of drug-likeness (QED) is 0.569. The molecule has 32 heavy (non-hydrogen) atoms. The van der Waals surface area contributed by atoms with Gasteiger partial charge in [0.1, 0.15) is 11.6 Å². The first-order chi connectivity index (χ1) is 15.4. The van der Waals surface area contributed by atoms with Gasteiger partial charge in [0.05, 0.1) is 5.69 Å². The summed E-state index contributed by atoms with van der Waals surface area (Å²) in [4.78, 5) is 11.8. The van der Waals surface area contributed by atoms with Crippen LogP contribution in [0.3, 0.4) is 0 Å². The summed E-state index contributed by atoms with van der Waals surface area (Å²) >= 11 is 5.48. The van der Waals surface area contributed by atoms with E-state index >= 15 is 0 Å². The molecule has 2 aliphatic carbocycles. The molecule has 0 bridgehead atoms. The van der Waals surface area contributed by atoms with Crippen LogP contribution in [0.15, 0.2) is 18.2 Å². The van der Waals surface area contributed by atoms with Gasteiger partial charge in [0.2, 0.25) is 5.95 Å². The van der Waals surface area contributed by atoms with Gasteiger partial charge < -0.3 is 20.9 Å². The van der Waals surface area contributed by atoms with Gasteiger partial charge in [-0.05, 0) is 94.3 Å². The Morgan fingerprint density at radius 3 is 2.50 bits per heavy atom. The zero-order chi connectivity index (χ0) is 22.7. The van der Waals surface area contributed by atoms with E-state index in [-0.39, 0.29) is 5.82 Å². The minimum absolute atomic E-state index is 0.238. The maximum atomic E-state index is 13.3. The molecule has 8 heteroatoms. The highest BCUT2D eigenvalue weighted by Crippen LogP contribution is 2.29. The van der Waals surface area contributed by atoms with Crippen LogP contribution in [0.4, 0.5) is 21.8 Å². The Kier molecular flexibility index (Phi) is 7.08. The van der Waals surface area contributed by atoms with Crippen molar-refractivity contribution in [3.05, 3.63) is 40.8 Å². The molecule has 172 valence electrons. The third-order valence-corrected chi connectivity index (χ3v) is 6.64. The third-order valence-electron chi connectivity index (χ3n) is 6.42. The van der Waals surface area contributed by atoms with Gasteiger partial charge in [0.25, 0.3) is 0 Å². The fourth-order valence-electron chi connectivity index (χ4n) is 4.68. The topological polar surface area (TPSA) is 65.1 Å². The minimum Gasteiger partial charge on any atom is -0.362 e. The number of anilines is 3. The van der Waals surface area contributed by atoms with Crippen LogP contribution in [0, 0.1) is 12.7 Å². The van der Waals surface area contributed by atoms with Gasteiger partial charge in [-0.3, -0.25) is 0 Å². The highest BCUT2D eigenvalue weighted by atomic mass is 32.1. The number of nitrogens with zero attached hydrogens (tertiary/aromatic N) is 3. The molecule has 0 unspecified atom stereocenters. The van der Waals surface area contributed by atoms with Crippen LogP contribution in [-0.4, -0.2) is 41.3 Å². The predicted octanol–water partition coefficient (Wildman–Crippen LogP) is 4.58. The monoisotopic (exact) mass is 456 g/mol. The summed E-state index contributed by atoms with van der Waals surface area (Å²) in [5.41, 5.74) is 4.20. The van der Waals surface area contributed by atoms with Crippen LogP contribution in [-0.2, 0) is 12.8 Å². The third kappa shape index (κ3) is 5.46. The number of hydrogen-bond donors (Lipinski definition) is 3. The zero-order valence-electron chi connectivity index (χ0n) is 19.2. The number of aryl methyl sites for hydroxylation is 2. The van der Waals surface area contributed by atoms with Crippen molar-refractivity contribution in [1.82, 2.24) is 15.3 Å². The van der Waals surface area contributed by atoms with Crippen molar-refractivity contribution in [2.24, 2.45) is 0 Å². The van der Waals surface area contributed by atoms with Crippen molar-refractivity contribution >= 4 is 34.8 Å². The van der Waals surface area contributed by atoms with Crippen LogP contribution in [0.2, 0.25) is 0 Å². The molecule has 0 spiro atoms. The summed E-state index contributed by atoms with van der Waals surface area (Å²) < 4.78 is 13.3. The molecule has 2 aliphatic rings. The average Bonchev–Trinajstić information content (AvgIpc) is 2.76. The lowest BCUT2D eigenvalue weighted by Gasteiger charge is -2.31. The predicted molar refractivity (Wildman–Crippen MR) is 133 cm³/mol. The van der Waals surface area contributed by atoms with Crippen LogP contribution in [0.25, 0.3) is 0 Å². The van der Waals surface area contributed by atoms with E-state index in [2.05, 4.69) is 34.9 Å². The molecule has 6 nitrogen and oxygen atoms in total. The highest BCUT2D eigenvalue weighted by Gasteiger charge is 2.24. The Labute approximate surface area is 195 Å². The molecule has 3 N–H and O–H groups in total. The molecule has 1 aromatic heterocycles. The molecule has 1 heterocycles. The number of aromatic nitrogens is 2. The number of rotatable bonds is 5. The second-order valence-corrected chi connectivity index (χ2v) is 9.56. The van der Waals surface area contributed by atoms with E-state index < -0.39 is 0 Å². The normalized spacial score (nSPS) is 20.2. The molecule has 0 radical (unpaired) electrons. The molecule has 1 fully saturated rings. The van der Waals surface area contributed by atoms with Gasteiger partial charge in [-0.1, -0.05) is 0 Å². The van der Waals surface area contributed by atoms with Gasteiger partial charge in [-0.15, -0.1) is 0 Å². The van der Waals surface area contributed by atoms with E-state index in [9.17, 15) is 4.39 Å². The van der Waals surface area contributed by atoms with Crippen molar-refractivity contribution in [2.45, 2.75) is 70.4 Å². The first-order valence-corrected chi connectivity index (χ1v) is 12.0. The summed E-state index contributed by atoms with van der Waals surface area (Å²) in [6, 6.07) is 5.37. The van der Waals surface area contributed by atoms with Crippen LogP contribution in [0.5, 0.6) is 0 Å². The lowest BCUT2D eigenvalue weighted by atomic mass is 9.91. The number of fused-ring (bicyclic) bond motifs is 1. The van der Waals surface area contributed by atoms with Gasteiger partial charge in [-0.25, -0.2) is 9.37 Å². The summed E-state index contributed by atoms with van der Waals surface area (Å²) in [7, 11) is 4.12. The van der Waals surface area contributed by atoms with Crippen LogP contribution in [0.1, 0.15) is 55.3 Å². The number of thiocarbonyl (C=S) groups is 1. The molecular formula is C24H33FN6S. The van der Waals surface area contributed by atoms with Gasteiger partial charge in [-0.2, -0.15) is 4.98 Å².